The highest BCUT2D eigenvalue weighted by molar-refractivity contribution is 5.94. The molecule has 2 heterocycles. The SMILES string of the molecule is CC(C)(O)c1cc2c(-c3ccccc3CO)nccc2[nH]1. The zero-order chi connectivity index (χ0) is 15.0. The van der Waals surface area contributed by atoms with Crippen molar-refractivity contribution in [2.75, 3.05) is 0 Å². The maximum absolute atomic E-state index is 10.2. The summed E-state index contributed by atoms with van der Waals surface area (Å²) in [6.45, 7) is 3.45. The summed E-state index contributed by atoms with van der Waals surface area (Å²) in [5.74, 6) is 0. The van der Waals surface area contributed by atoms with Crippen LogP contribution in [0.15, 0.2) is 42.6 Å². The molecule has 2 aromatic heterocycles. The van der Waals surface area contributed by atoms with Gasteiger partial charge in [0.1, 0.15) is 0 Å². The second-order valence-electron chi connectivity index (χ2n) is 5.68. The Labute approximate surface area is 123 Å². The van der Waals surface area contributed by atoms with Crippen molar-refractivity contribution in [1.82, 2.24) is 9.97 Å². The van der Waals surface area contributed by atoms with Crippen LogP contribution in [0.2, 0.25) is 0 Å². The summed E-state index contributed by atoms with van der Waals surface area (Å²) in [6.07, 6.45) is 1.73. The Balaban J connectivity index is 2.26. The summed E-state index contributed by atoms with van der Waals surface area (Å²) < 4.78 is 0. The fourth-order valence-corrected chi connectivity index (χ4v) is 2.49. The van der Waals surface area contributed by atoms with Crippen LogP contribution in [0.3, 0.4) is 0 Å². The van der Waals surface area contributed by atoms with Gasteiger partial charge in [-0.15, -0.1) is 0 Å². The Morgan fingerprint density at radius 1 is 1.19 bits per heavy atom. The standard InChI is InChI=1S/C17H18N2O2/c1-17(2,21)15-9-13-14(19-15)7-8-18-16(13)12-6-4-3-5-11(12)10-20/h3-9,19-21H,10H2,1-2H3. The lowest BCUT2D eigenvalue weighted by molar-refractivity contribution is 0.0747. The van der Waals surface area contributed by atoms with Crippen LogP contribution in [-0.4, -0.2) is 20.2 Å². The number of fused-ring (bicyclic) bond motifs is 1. The van der Waals surface area contributed by atoms with E-state index in [1.807, 2.05) is 36.4 Å². The molecule has 3 rings (SSSR count). The topological polar surface area (TPSA) is 69.1 Å². The molecule has 0 aliphatic heterocycles. The largest absolute Gasteiger partial charge is 0.392 e. The third-order valence-electron chi connectivity index (χ3n) is 3.65. The lowest BCUT2D eigenvalue weighted by atomic mass is 10.0. The van der Waals surface area contributed by atoms with E-state index in [0.29, 0.717) is 0 Å². The number of hydrogen-bond donors (Lipinski definition) is 3. The second kappa shape index (κ2) is 4.98. The molecule has 0 amide bonds. The van der Waals surface area contributed by atoms with Crippen molar-refractivity contribution in [2.45, 2.75) is 26.1 Å². The minimum absolute atomic E-state index is 0.0307. The number of nitrogens with zero attached hydrogens (tertiary/aromatic N) is 1. The van der Waals surface area contributed by atoms with Crippen molar-refractivity contribution in [3.8, 4) is 11.3 Å². The number of aromatic amines is 1. The van der Waals surface area contributed by atoms with Crippen LogP contribution < -0.4 is 0 Å². The number of nitrogens with one attached hydrogen (secondary N) is 1. The minimum atomic E-state index is -0.938. The van der Waals surface area contributed by atoms with Gasteiger partial charge in [-0.2, -0.15) is 0 Å². The van der Waals surface area contributed by atoms with Crippen molar-refractivity contribution < 1.29 is 10.2 Å². The van der Waals surface area contributed by atoms with E-state index >= 15 is 0 Å². The summed E-state index contributed by atoms with van der Waals surface area (Å²) in [4.78, 5) is 7.70. The normalized spacial score (nSPS) is 12.0. The van der Waals surface area contributed by atoms with Gasteiger partial charge in [0.15, 0.2) is 0 Å². The number of hydrogen-bond acceptors (Lipinski definition) is 3. The summed E-state index contributed by atoms with van der Waals surface area (Å²) in [5.41, 5.74) is 3.28. The summed E-state index contributed by atoms with van der Waals surface area (Å²) >= 11 is 0. The van der Waals surface area contributed by atoms with E-state index in [4.69, 9.17) is 0 Å². The lowest BCUT2D eigenvalue weighted by Crippen LogP contribution is -2.15. The first-order valence-corrected chi connectivity index (χ1v) is 6.90. The van der Waals surface area contributed by atoms with Crippen LogP contribution in [0.5, 0.6) is 0 Å². The van der Waals surface area contributed by atoms with E-state index in [0.717, 1.165) is 33.4 Å². The van der Waals surface area contributed by atoms with Gasteiger partial charge in [-0.3, -0.25) is 4.98 Å². The van der Waals surface area contributed by atoms with Gasteiger partial charge in [0.2, 0.25) is 0 Å². The molecule has 4 heteroatoms. The predicted molar refractivity (Wildman–Crippen MR) is 82.7 cm³/mol. The molecule has 108 valence electrons. The average molecular weight is 282 g/mol. The maximum atomic E-state index is 10.2. The molecular weight excluding hydrogens is 264 g/mol. The van der Waals surface area contributed by atoms with Gasteiger partial charge in [0.25, 0.3) is 0 Å². The van der Waals surface area contributed by atoms with Gasteiger partial charge in [0, 0.05) is 28.4 Å². The number of aliphatic hydroxyl groups is 2. The average Bonchev–Trinajstić information content (AvgIpc) is 2.91. The molecule has 3 N–H and O–H groups in total. The highest BCUT2D eigenvalue weighted by Crippen LogP contribution is 2.32. The third kappa shape index (κ3) is 2.44. The minimum Gasteiger partial charge on any atom is -0.392 e. The Morgan fingerprint density at radius 3 is 2.67 bits per heavy atom. The quantitative estimate of drug-likeness (QED) is 0.691. The van der Waals surface area contributed by atoms with Gasteiger partial charge in [-0.25, -0.2) is 0 Å². The third-order valence-corrected chi connectivity index (χ3v) is 3.65. The number of rotatable bonds is 3. The molecule has 0 unspecified atom stereocenters. The molecule has 0 aliphatic carbocycles. The second-order valence-corrected chi connectivity index (χ2v) is 5.68. The molecule has 1 aromatic carbocycles. The first kappa shape index (κ1) is 13.8. The fourth-order valence-electron chi connectivity index (χ4n) is 2.49. The molecule has 0 bridgehead atoms. The number of benzene rings is 1. The van der Waals surface area contributed by atoms with Crippen molar-refractivity contribution >= 4 is 10.9 Å². The van der Waals surface area contributed by atoms with Gasteiger partial charge in [0.05, 0.1) is 17.9 Å². The smallest absolute Gasteiger partial charge is 0.0987 e. The van der Waals surface area contributed by atoms with E-state index in [1.165, 1.54) is 0 Å². The molecule has 0 saturated heterocycles. The van der Waals surface area contributed by atoms with Gasteiger partial charge in [-0.05, 0) is 31.5 Å². The molecule has 0 spiro atoms. The van der Waals surface area contributed by atoms with Gasteiger partial charge in [-0.1, -0.05) is 24.3 Å². The molecule has 21 heavy (non-hydrogen) atoms. The zero-order valence-corrected chi connectivity index (χ0v) is 12.1. The highest BCUT2D eigenvalue weighted by Gasteiger charge is 2.20. The van der Waals surface area contributed by atoms with Crippen LogP contribution in [0.1, 0.15) is 25.1 Å². The molecule has 4 nitrogen and oxygen atoms in total. The monoisotopic (exact) mass is 282 g/mol. The van der Waals surface area contributed by atoms with Crippen LogP contribution >= 0.6 is 0 Å². The summed E-state index contributed by atoms with van der Waals surface area (Å²) in [6, 6.07) is 11.5. The number of aromatic nitrogens is 2. The van der Waals surface area contributed by atoms with Crippen molar-refractivity contribution in [3.63, 3.8) is 0 Å². The predicted octanol–water partition coefficient (Wildman–Crippen LogP) is 2.95. The molecule has 0 atom stereocenters. The lowest BCUT2D eigenvalue weighted by Gasteiger charge is -2.14. The zero-order valence-electron chi connectivity index (χ0n) is 12.1. The van der Waals surface area contributed by atoms with E-state index < -0.39 is 5.60 Å². The molecular formula is C17H18N2O2. The molecule has 0 aliphatic rings. The highest BCUT2D eigenvalue weighted by atomic mass is 16.3. The number of H-pyrrole nitrogens is 1. The van der Waals surface area contributed by atoms with E-state index in [-0.39, 0.29) is 6.61 Å². The first-order valence-electron chi connectivity index (χ1n) is 6.90. The Bertz CT molecular complexity index is 785. The maximum Gasteiger partial charge on any atom is 0.0987 e. The van der Waals surface area contributed by atoms with E-state index in [9.17, 15) is 10.2 Å². The molecule has 0 fully saturated rings. The van der Waals surface area contributed by atoms with Crippen LogP contribution in [0, 0.1) is 0 Å². The van der Waals surface area contributed by atoms with E-state index in [2.05, 4.69) is 9.97 Å². The summed E-state index contributed by atoms with van der Waals surface area (Å²) in [5, 5.41) is 20.6. The number of pyridine rings is 1. The van der Waals surface area contributed by atoms with Crippen molar-refractivity contribution in [1.29, 1.82) is 0 Å². The van der Waals surface area contributed by atoms with Crippen molar-refractivity contribution in [3.05, 3.63) is 53.9 Å². The molecule has 0 radical (unpaired) electrons. The van der Waals surface area contributed by atoms with Crippen LogP contribution in [0.4, 0.5) is 0 Å². The Kier molecular flexibility index (Phi) is 3.27. The van der Waals surface area contributed by atoms with E-state index in [1.54, 1.807) is 20.0 Å². The first-order chi connectivity index (χ1) is 10.0. The van der Waals surface area contributed by atoms with Crippen LogP contribution in [-0.2, 0) is 12.2 Å². The number of aliphatic hydroxyl groups excluding tert-OH is 1. The Hall–Kier alpha value is -2.17. The molecule has 3 aromatic rings. The Morgan fingerprint density at radius 2 is 1.95 bits per heavy atom. The van der Waals surface area contributed by atoms with Gasteiger partial charge >= 0.3 is 0 Å². The summed E-state index contributed by atoms with van der Waals surface area (Å²) in [7, 11) is 0. The molecule has 0 saturated carbocycles. The fraction of sp³-hybridized carbons (Fsp3) is 0.235. The van der Waals surface area contributed by atoms with Gasteiger partial charge < -0.3 is 15.2 Å². The van der Waals surface area contributed by atoms with Crippen LogP contribution in [0.25, 0.3) is 22.2 Å². The van der Waals surface area contributed by atoms with Crippen molar-refractivity contribution in [2.24, 2.45) is 0 Å².